The second kappa shape index (κ2) is 5.02. The van der Waals surface area contributed by atoms with E-state index in [1.54, 1.807) is 13.1 Å². The molecular formula is C12H13NO. The quantitative estimate of drug-likeness (QED) is 0.579. The summed E-state index contributed by atoms with van der Waals surface area (Å²) in [6.07, 6.45) is 2.44. The molecule has 1 aromatic rings. The molecule has 0 aliphatic carbocycles. The molecule has 0 amide bonds. The fourth-order valence-corrected chi connectivity index (χ4v) is 0.958. The Hall–Kier alpha value is -1.83. The van der Waals surface area contributed by atoms with Crippen LogP contribution in [0.1, 0.15) is 12.5 Å². The van der Waals surface area contributed by atoms with Gasteiger partial charge < -0.3 is 5.32 Å². The fourth-order valence-electron chi connectivity index (χ4n) is 0.958. The van der Waals surface area contributed by atoms with E-state index in [0.29, 0.717) is 5.57 Å². The van der Waals surface area contributed by atoms with E-state index in [4.69, 9.17) is 0 Å². The Morgan fingerprint density at radius 3 is 2.57 bits per heavy atom. The van der Waals surface area contributed by atoms with Crippen LogP contribution in [0.25, 0.3) is 5.70 Å². The molecule has 0 saturated heterocycles. The van der Waals surface area contributed by atoms with Crippen LogP contribution in [-0.2, 0) is 4.79 Å². The summed E-state index contributed by atoms with van der Waals surface area (Å²) in [5.74, 6) is 0. The molecule has 0 saturated carbocycles. The van der Waals surface area contributed by atoms with Crippen LogP contribution in [0.3, 0.4) is 0 Å². The summed E-state index contributed by atoms with van der Waals surface area (Å²) in [6, 6.07) is 9.75. The minimum atomic E-state index is 0.641. The Kier molecular flexibility index (Phi) is 3.68. The highest BCUT2D eigenvalue weighted by molar-refractivity contribution is 5.73. The van der Waals surface area contributed by atoms with Crippen LogP contribution in [-0.4, -0.2) is 6.29 Å². The van der Waals surface area contributed by atoms with Crippen molar-refractivity contribution < 1.29 is 4.79 Å². The molecule has 0 aliphatic heterocycles. The van der Waals surface area contributed by atoms with Crippen LogP contribution in [0.5, 0.6) is 0 Å². The summed E-state index contributed by atoms with van der Waals surface area (Å²) >= 11 is 0. The molecule has 0 radical (unpaired) electrons. The van der Waals surface area contributed by atoms with Gasteiger partial charge in [-0.05, 0) is 12.5 Å². The van der Waals surface area contributed by atoms with Gasteiger partial charge in [0, 0.05) is 17.5 Å². The third kappa shape index (κ3) is 2.90. The van der Waals surface area contributed by atoms with E-state index < -0.39 is 0 Å². The van der Waals surface area contributed by atoms with Crippen molar-refractivity contribution in [2.24, 2.45) is 0 Å². The number of hydrogen-bond donors (Lipinski definition) is 1. The number of allylic oxidation sites excluding steroid dienone is 1. The lowest BCUT2D eigenvalue weighted by atomic mass is 10.2. The maximum atomic E-state index is 10.3. The van der Waals surface area contributed by atoms with Gasteiger partial charge in [-0.25, -0.2) is 0 Å². The molecule has 1 aromatic carbocycles. The minimum absolute atomic E-state index is 0.641. The zero-order valence-corrected chi connectivity index (χ0v) is 8.16. The molecule has 72 valence electrons. The molecule has 0 bridgehead atoms. The lowest BCUT2D eigenvalue weighted by Gasteiger charge is -2.04. The van der Waals surface area contributed by atoms with E-state index in [9.17, 15) is 4.79 Å². The van der Waals surface area contributed by atoms with Crippen LogP contribution < -0.4 is 5.32 Å². The monoisotopic (exact) mass is 187 g/mol. The van der Waals surface area contributed by atoms with Crippen LogP contribution in [0.4, 0.5) is 0 Å². The van der Waals surface area contributed by atoms with E-state index in [-0.39, 0.29) is 0 Å². The Balaban J connectivity index is 2.65. The molecule has 0 heterocycles. The van der Waals surface area contributed by atoms with Crippen LogP contribution in [0.15, 0.2) is 48.7 Å². The first-order valence-electron chi connectivity index (χ1n) is 4.37. The number of rotatable bonds is 4. The Morgan fingerprint density at radius 1 is 1.36 bits per heavy atom. The predicted octanol–water partition coefficient (Wildman–Crippen LogP) is 2.35. The lowest BCUT2D eigenvalue weighted by Crippen LogP contribution is -2.03. The van der Waals surface area contributed by atoms with E-state index in [1.165, 1.54) is 0 Å². The number of carbonyl (C=O) groups is 1. The van der Waals surface area contributed by atoms with E-state index in [1.807, 2.05) is 30.3 Å². The molecule has 0 fully saturated rings. The van der Waals surface area contributed by atoms with Gasteiger partial charge in [-0.3, -0.25) is 4.79 Å². The third-order valence-corrected chi connectivity index (χ3v) is 1.78. The van der Waals surface area contributed by atoms with Crippen molar-refractivity contribution in [3.05, 3.63) is 54.2 Å². The zero-order chi connectivity index (χ0) is 10.4. The molecule has 0 atom stereocenters. The molecule has 1 rings (SSSR count). The van der Waals surface area contributed by atoms with Crippen LogP contribution >= 0.6 is 0 Å². The topological polar surface area (TPSA) is 29.1 Å². The summed E-state index contributed by atoms with van der Waals surface area (Å²) < 4.78 is 0. The van der Waals surface area contributed by atoms with Gasteiger partial charge in [-0.1, -0.05) is 36.9 Å². The van der Waals surface area contributed by atoms with Crippen molar-refractivity contribution in [1.29, 1.82) is 0 Å². The number of carbonyl (C=O) groups excluding carboxylic acids is 1. The predicted molar refractivity (Wildman–Crippen MR) is 58.4 cm³/mol. The molecular weight excluding hydrogens is 174 g/mol. The highest BCUT2D eigenvalue weighted by Gasteiger charge is 1.94. The van der Waals surface area contributed by atoms with Gasteiger partial charge in [0.05, 0.1) is 0 Å². The van der Waals surface area contributed by atoms with Crippen molar-refractivity contribution >= 4 is 12.0 Å². The van der Waals surface area contributed by atoms with Gasteiger partial charge in [0.25, 0.3) is 0 Å². The van der Waals surface area contributed by atoms with Crippen molar-refractivity contribution in [3.8, 4) is 0 Å². The second-order valence-electron chi connectivity index (χ2n) is 3.00. The van der Waals surface area contributed by atoms with Gasteiger partial charge >= 0.3 is 0 Å². The SMILES string of the molecule is C=C(N/C=C(\C)C=O)c1ccccc1. The van der Waals surface area contributed by atoms with Crippen molar-refractivity contribution in [2.75, 3.05) is 0 Å². The highest BCUT2D eigenvalue weighted by Crippen LogP contribution is 2.07. The Labute approximate surface area is 84.0 Å². The van der Waals surface area contributed by atoms with Gasteiger partial charge in [0.2, 0.25) is 0 Å². The lowest BCUT2D eigenvalue weighted by molar-refractivity contribution is -0.104. The molecule has 0 aromatic heterocycles. The average Bonchev–Trinajstić information content (AvgIpc) is 2.26. The Bertz CT molecular complexity index is 352. The Morgan fingerprint density at radius 2 is 2.00 bits per heavy atom. The number of nitrogens with one attached hydrogen (secondary N) is 1. The largest absolute Gasteiger partial charge is 0.361 e. The molecule has 0 unspecified atom stereocenters. The fraction of sp³-hybridized carbons (Fsp3) is 0.0833. The van der Waals surface area contributed by atoms with Gasteiger partial charge in [0.15, 0.2) is 0 Å². The van der Waals surface area contributed by atoms with Crippen molar-refractivity contribution in [3.63, 3.8) is 0 Å². The van der Waals surface area contributed by atoms with E-state index in [2.05, 4.69) is 11.9 Å². The summed E-state index contributed by atoms with van der Waals surface area (Å²) in [5.41, 5.74) is 2.44. The summed E-state index contributed by atoms with van der Waals surface area (Å²) in [6.45, 7) is 5.59. The van der Waals surface area contributed by atoms with Crippen LogP contribution in [0.2, 0.25) is 0 Å². The van der Waals surface area contributed by atoms with Crippen molar-refractivity contribution in [1.82, 2.24) is 5.32 Å². The average molecular weight is 187 g/mol. The molecule has 0 spiro atoms. The van der Waals surface area contributed by atoms with Crippen LogP contribution in [0, 0.1) is 0 Å². The smallest absolute Gasteiger partial charge is 0.147 e. The summed E-state index contributed by atoms with van der Waals surface area (Å²) in [4.78, 5) is 10.3. The zero-order valence-electron chi connectivity index (χ0n) is 8.16. The standard InChI is InChI=1S/C12H13NO/c1-10(9-14)8-13-11(2)12-6-4-3-5-7-12/h3-9,13H,2H2,1H3/b10-8+. The number of hydrogen-bond acceptors (Lipinski definition) is 2. The maximum Gasteiger partial charge on any atom is 0.147 e. The second-order valence-corrected chi connectivity index (χ2v) is 3.00. The van der Waals surface area contributed by atoms with E-state index in [0.717, 1.165) is 17.5 Å². The molecule has 1 N–H and O–H groups in total. The maximum absolute atomic E-state index is 10.3. The normalized spacial score (nSPS) is 10.8. The third-order valence-electron chi connectivity index (χ3n) is 1.78. The van der Waals surface area contributed by atoms with Gasteiger partial charge in [0.1, 0.15) is 6.29 Å². The first-order chi connectivity index (χ1) is 6.74. The molecule has 2 nitrogen and oxygen atoms in total. The number of aldehydes is 1. The molecule has 14 heavy (non-hydrogen) atoms. The van der Waals surface area contributed by atoms with Gasteiger partial charge in [-0.2, -0.15) is 0 Å². The first-order valence-corrected chi connectivity index (χ1v) is 4.37. The van der Waals surface area contributed by atoms with E-state index >= 15 is 0 Å². The van der Waals surface area contributed by atoms with Crippen molar-refractivity contribution in [2.45, 2.75) is 6.92 Å². The summed E-state index contributed by atoms with van der Waals surface area (Å²) in [7, 11) is 0. The minimum Gasteiger partial charge on any atom is -0.361 e. The highest BCUT2D eigenvalue weighted by atomic mass is 16.1. The summed E-state index contributed by atoms with van der Waals surface area (Å²) in [5, 5.41) is 2.96. The number of benzene rings is 1. The molecule has 2 heteroatoms. The van der Waals surface area contributed by atoms with Gasteiger partial charge in [-0.15, -0.1) is 0 Å². The molecule has 0 aliphatic rings. The first kappa shape index (κ1) is 10.3.